The molecular weight excluding hydrogens is 363 g/mol. The number of amides is 2. The van der Waals surface area contributed by atoms with E-state index in [4.69, 9.17) is 4.74 Å². The highest BCUT2D eigenvalue weighted by molar-refractivity contribution is 5.94. The number of ether oxygens (including phenoxy) is 1. The third kappa shape index (κ3) is 5.46. The van der Waals surface area contributed by atoms with Gasteiger partial charge in [0.1, 0.15) is 0 Å². The predicted octanol–water partition coefficient (Wildman–Crippen LogP) is 2.66. The molecule has 1 aliphatic heterocycles. The van der Waals surface area contributed by atoms with Crippen LogP contribution in [0.2, 0.25) is 0 Å². The highest BCUT2D eigenvalue weighted by Crippen LogP contribution is 2.29. The van der Waals surface area contributed by atoms with Gasteiger partial charge in [-0.15, -0.1) is 0 Å². The summed E-state index contributed by atoms with van der Waals surface area (Å²) in [7, 11) is 1.74. The van der Waals surface area contributed by atoms with Crippen molar-refractivity contribution in [1.82, 2.24) is 15.5 Å². The summed E-state index contributed by atoms with van der Waals surface area (Å²) in [6.07, 6.45) is -4.38. The van der Waals surface area contributed by atoms with Crippen LogP contribution in [0.15, 0.2) is 35.5 Å². The second kappa shape index (κ2) is 8.43. The van der Waals surface area contributed by atoms with E-state index in [1.807, 2.05) is 0 Å². The molecule has 0 bridgehead atoms. The molecule has 1 unspecified atom stereocenters. The molecule has 1 heterocycles. The van der Waals surface area contributed by atoms with Gasteiger partial charge in [-0.25, -0.2) is 9.59 Å². The molecule has 1 atom stereocenters. The van der Waals surface area contributed by atoms with E-state index in [-0.39, 0.29) is 13.2 Å². The van der Waals surface area contributed by atoms with Gasteiger partial charge in [-0.1, -0.05) is 12.1 Å². The van der Waals surface area contributed by atoms with E-state index >= 15 is 0 Å². The summed E-state index contributed by atoms with van der Waals surface area (Å²) in [6.45, 7) is 4.15. The van der Waals surface area contributed by atoms with Crippen molar-refractivity contribution in [2.24, 2.45) is 0 Å². The first kappa shape index (κ1) is 20.8. The van der Waals surface area contributed by atoms with Gasteiger partial charge >= 0.3 is 18.2 Å². The second-order valence-electron chi connectivity index (χ2n) is 6.30. The lowest BCUT2D eigenvalue weighted by Gasteiger charge is -2.29. The number of urea groups is 1. The van der Waals surface area contributed by atoms with E-state index in [1.165, 1.54) is 12.1 Å². The maximum Gasteiger partial charge on any atom is 0.416 e. The van der Waals surface area contributed by atoms with Crippen molar-refractivity contribution in [2.75, 3.05) is 20.2 Å². The fourth-order valence-corrected chi connectivity index (χ4v) is 2.84. The van der Waals surface area contributed by atoms with E-state index in [2.05, 4.69) is 10.6 Å². The van der Waals surface area contributed by atoms with E-state index < -0.39 is 29.8 Å². The van der Waals surface area contributed by atoms with Crippen LogP contribution in [0.1, 0.15) is 25.0 Å². The zero-order valence-electron chi connectivity index (χ0n) is 15.3. The van der Waals surface area contributed by atoms with Crippen LogP contribution in [0.25, 0.3) is 0 Å². The minimum absolute atomic E-state index is 0.206. The zero-order chi connectivity index (χ0) is 20.2. The van der Waals surface area contributed by atoms with Gasteiger partial charge in [0.2, 0.25) is 0 Å². The van der Waals surface area contributed by atoms with Gasteiger partial charge in [0, 0.05) is 18.8 Å². The van der Waals surface area contributed by atoms with Crippen LogP contribution >= 0.6 is 0 Å². The Bertz CT molecular complexity index is 730. The van der Waals surface area contributed by atoms with E-state index in [0.717, 1.165) is 12.1 Å². The highest BCUT2D eigenvalue weighted by atomic mass is 19.4. The van der Waals surface area contributed by atoms with Crippen molar-refractivity contribution in [1.29, 1.82) is 0 Å². The first-order valence-corrected chi connectivity index (χ1v) is 8.44. The zero-order valence-corrected chi connectivity index (χ0v) is 15.3. The number of hydrogen-bond donors (Lipinski definition) is 2. The fraction of sp³-hybridized carbons (Fsp3) is 0.444. The molecule has 0 radical (unpaired) electrons. The summed E-state index contributed by atoms with van der Waals surface area (Å²) in [4.78, 5) is 25.7. The standard InChI is InChI=1S/C18H22F3N3O3/c1-4-27-16(25)15-11(2)22-17(26)23-14(15)10-24(3)9-12-5-7-13(8-6-12)18(19,20)21/h5-8,11H,4,9-10H2,1-3H3,(H2,22,23,26). The molecule has 0 saturated heterocycles. The number of nitrogens with one attached hydrogen (secondary N) is 2. The van der Waals surface area contributed by atoms with Gasteiger partial charge in [-0.3, -0.25) is 4.90 Å². The third-order valence-electron chi connectivity index (χ3n) is 4.03. The summed E-state index contributed by atoms with van der Waals surface area (Å²) < 4.78 is 43.0. The second-order valence-corrected chi connectivity index (χ2v) is 6.30. The van der Waals surface area contributed by atoms with E-state index in [9.17, 15) is 22.8 Å². The highest BCUT2D eigenvalue weighted by Gasteiger charge is 2.31. The molecule has 0 aliphatic carbocycles. The van der Waals surface area contributed by atoms with Gasteiger partial charge in [0.15, 0.2) is 0 Å². The lowest BCUT2D eigenvalue weighted by molar-refractivity contribution is -0.139. The van der Waals surface area contributed by atoms with Crippen molar-refractivity contribution in [3.05, 3.63) is 46.7 Å². The van der Waals surface area contributed by atoms with Crippen molar-refractivity contribution in [3.8, 4) is 0 Å². The van der Waals surface area contributed by atoms with Crippen LogP contribution in [0.3, 0.4) is 0 Å². The number of likely N-dealkylation sites (N-methyl/N-ethyl adjacent to an activating group) is 1. The first-order chi connectivity index (χ1) is 12.6. The maximum absolute atomic E-state index is 12.6. The third-order valence-corrected chi connectivity index (χ3v) is 4.03. The van der Waals surface area contributed by atoms with Gasteiger partial charge < -0.3 is 15.4 Å². The predicted molar refractivity (Wildman–Crippen MR) is 92.6 cm³/mol. The average Bonchev–Trinajstić information content (AvgIpc) is 2.53. The minimum Gasteiger partial charge on any atom is -0.463 e. The number of esters is 1. The van der Waals surface area contributed by atoms with Gasteiger partial charge in [0.25, 0.3) is 0 Å². The number of hydrogen-bond acceptors (Lipinski definition) is 4. The van der Waals surface area contributed by atoms with Gasteiger partial charge in [-0.05, 0) is 38.6 Å². The molecule has 1 aliphatic rings. The average molecular weight is 385 g/mol. The summed E-state index contributed by atoms with van der Waals surface area (Å²) >= 11 is 0. The molecular formula is C18H22F3N3O3. The number of benzene rings is 1. The molecule has 0 spiro atoms. The Morgan fingerprint density at radius 1 is 1.22 bits per heavy atom. The molecule has 2 N–H and O–H groups in total. The number of alkyl halides is 3. The first-order valence-electron chi connectivity index (χ1n) is 8.44. The smallest absolute Gasteiger partial charge is 0.416 e. The summed E-state index contributed by atoms with van der Waals surface area (Å²) in [5.74, 6) is -0.518. The van der Waals surface area contributed by atoms with Crippen LogP contribution in [-0.4, -0.2) is 43.1 Å². The number of halogens is 3. The summed E-state index contributed by atoms with van der Waals surface area (Å²) in [5, 5.41) is 5.23. The molecule has 0 fully saturated rings. The van der Waals surface area contributed by atoms with Gasteiger partial charge in [0.05, 0.1) is 23.8 Å². The molecule has 27 heavy (non-hydrogen) atoms. The van der Waals surface area contributed by atoms with Crippen LogP contribution in [0, 0.1) is 0 Å². The van der Waals surface area contributed by atoms with Crippen molar-refractivity contribution < 1.29 is 27.5 Å². The Balaban J connectivity index is 2.13. The number of carbonyl (C=O) groups excluding carboxylic acids is 2. The van der Waals surface area contributed by atoms with Gasteiger partial charge in [-0.2, -0.15) is 13.2 Å². The minimum atomic E-state index is -4.38. The molecule has 9 heteroatoms. The maximum atomic E-state index is 12.6. The van der Waals surface area contributed by atoms with Crippen molar-refractivity contribution >= 4 is 12.0 Å². The van der Waals surface area contributed by atoms with Crippen LogP contribution in [0.5, 0.6) is 0 Å². The Morgan fingerprint density at radius 2 is 1.85 bits per heavy atom. The Kier molecular flexibility index (Phi) is 6.48. The monoisotopic (exact) mass is 385 g/mol. The Hall–Kier alpha value is -2.55. The lowest BCUT2D eigenvalue weighted by Crippen LogP contribution is -2.51. The number of nitrogens with zero attached hydrogens (tertiary/aromatic N) is 1. The molecule has 1 aromatic carbocycles. The summed E-state index contributed by atoms with van der Waals surface area (Å²) in [5.41, 5.74) is 0.715. The van der Waals surface area contributed by atoms with Crippen molar-refractivity contribution in [3.63, 3.8) is 0 Å². The quantitative estimate of drug-likeness (QED) is 0.739. The summed E-state index contributed by atoms with van der Waals surface area (Å²) in [6, 6.07) is 3.94. The Morgan fingerprint density at radius 3 is 2.41 bits per heavy atom. The van der Waals surface area contributed by atoms with Crippen LogP contribution in [-0.2, 0) is 22.3 Å². The van der Waals surface area contributed by atoms with Crippen molar-refractivity contribution in [2.45, 2.75) is 32.6 Å². The molecule has 6 nitrogen and oxygen atoms in total. The van der Waals surface area contributed by atoms with E-state index in [1.54, 1.807) is 25.8 Å². The normalized spacial score (nSPS) is 17.6. The SMILES string of the molecule is CCOC(=O)C1=C(CN(C)Cc2ccc(C(F)(F)F)cc2)NC(=O)NC1C. The largest absolute Gasteiger partial charge is 0.463 e. The Labute approximate surface area is 155 Å². The molecule has 2 amide bonds. The fourth-order valence-electron chi connectivity index (χ4n) is 2.84. The van der Waals surface area contributed by atoms with Crippen LogP contribution < -0.4 is 10.6 Å². The molecule has 0 saturated carbocycles. The molecule has 148 valence electrons. The number of carbonyl (C=O) groups is 2. The molecule has 0 aromatic heterocycles. The van der Waals surface area contributed by atoms with E-state index in [0.29, 0.717) is 23.4 Å². The topological polar surface area (TPSA) is 70.7 Å². The molecule has 2 rings (SSSR count). The lowest BCUT2D eigenvalue weighted by atomic mass is 10.0. The number of rotatable bonds is 6. The van der Waals surface area contributed by atoms with Crippen LogP contribution in [0.4, 0.5) is 18.0 Å². The molecule has 1 aromatic rings.